The summed E-state index contributed by atoms with van der Waals surface area (Å²) in [4.78, 5) is 4.79. The smallest absolute Gasteiger partial charge is 0.0991 e. The Morgan fingerprint density at radius 2 is 1.52 bits per heavy atom. The molecule has 0 saturated carbocycles. The van der Waals surface area contributed by atoms with Crippen LogP contribution in [0.1, 0.15) is 5.56 Å². The van der Waals surface area contributed by atoms with E-state index in [1.165, 1.54) is 0 Å². The fourth-order valence-corrected chi connectivity index (χ4v) is 2.82. The summed E-state index contributed by atoms with van der Waals surface area (Å²) < 4.78 is 0. The van der Waals surface area contributed by atoms with Gasteiger partial charge in [-0.1, -0.05) is 48.5 Å². The normalized spacial score (nSPS) is 10.4. The lowest BCUT2D eigenvalue weighted by Gasteiger charge is -2.12. The van der Waals surface area contributed by atoms with E-state index in [-0.39, 0.29) is 0 Å². The second kappa shape index (κ2) is 6.46. The molecule has 0 fully saturated rings. The van der Waals surface area contributed by atoms with Crippen molar-refractivity contribution in [3.05, 3.63) is 90.5 Å². The van der Waals surface area contributed by atoms with E-state index in [9.17, 15) is 0 Å². The molecular weight excluding hydrogens is 306 g/mol. The third-order valence-corrected chi connectivity index (χ3v) is 4.08. The van der Waals surface area contributed by atoms with Crippen molar-refractivity contribution in [1.29, 1.82) is 5.26 Å². The van der Waals surface area contributed by atoms with Crippen LogP contribution in [0.4, 0.5) is 11.4 Å². The molecule has 0 aliphatic carbocycles. The Hall–Kier alpha value is -3.64. The van der Waals surface area contributed by atoms with Gasteiger partial charge in [-0.3, -0.25) is 0 Å². The number of pyridine rings is 1. The summed E-state index contributed by atoms with van der Waals surface area (Å²) in [5, 5.41) is 13.5. The van der Waals surface area contributed by atoms with E-state index in [4.69, 9.17) is 10.2 Å². The van der Waals surface area contributed by atoms with Gasteiger partial charge in [-0.15, -0.1) is 0 Å². The van der Waals surface area contributed by atoms with Crippen LogP contribution >= 0.6 is 0 Å². The highest BCUT2D eigenvalue weighted by molar-refractivity contribution is 5.95. The molecule has 0 amide bonds. The van der Waals surface area contributed by atoms with E-state index in [0.717, 1.165) is 33.5 Å². The zero-order valence-electron chi connectivity index (χ0n) is 13.5. The number of hydrogen-bond acceptors (Lipinski definition) is 3. The second-order valence-electron chi connectivity index (χ2n) is 5.75. The molecular formula is C22H15N3. The standard InChI is InChI=1S/C22H15N3/c23-15-16-10-12-18(13-11-16)24-22-14-21(17-6-2-1-3-7-17)25-20-9-5-4-8-19(20)22/h1-14H,(H,24,25). The molecule has 0 bridgehead atoms. The van der Waals surface area contributed by atoms with Crippen LogP contribution in [0.3, 0.4) is 0 Å². The van der Waals surface area contributed by atoms with E-state index >= 15 is 0 Å². The number of nitrogens with one attached hydrogen (secondary N) is 1. The summed E-state index contributed by atoms with van der Waals surface area (Å²) in [5.74, 6) is 0. The highest BCUT2D eigenvalue weighted by Gasteiger charge is 2.07. The Kier molecular flexibility index (Phi) is 3.86. The SMILES string of the molecule is N#Cc1ccc(Nc2cc(-c3ccccc3)nc3ccccc23)cc1. The Labute approximate surface area is 146 Å². The third-order valence-electron chi connectivity index (χ3n) is 4.08. The predicted octanol–water partition coefficient (Wildman–Crippen LogP) is 5.52. The van der Waals surface area contributed by atoms with Gasteiger partial charge in [-0.25, -0.2) is 4.98 Å². The van der Waals surface area contributed by atoms with Gasteiger partial charge in [0, 0.05) is 16.6 Å². The average molecular weight is 321 g/mol. The molecule has 25 heavy (non-hydrogen) atoms. The van der Waals surface area contributed by atoms with Crippen LogP contribution in [0.25, 0.3) is 22.2 Å². The van der Waals surface area contributed by atoms with Crippen LogP contribution in [0.5, 0.6) is 0 Å². The number of hydrogen-bond donors (Lipinski definition) is 1. The van der Waals surface area contributed by atoms with Crippen LogP contribution in [-0.2, 0) is 0 Å². The monoisotopic (exact) mass is 321 g/mol. The van der Waals surface area contributed by atoms with Crippen molar-refractivity contribution < 1.29 is 0 Å². The summed E-state index contributed by atoms with van der Waals surface area (Å²) in [5.41, 5.74) is 5.53. The van der Waals surface area contributed by atoms with Crippen molar-refractivity contribution >= 4 is 22.3 Å². The summed E-state index contributed by atoms with van der Waals surface area (Å²) in [6.45, 7) is 0. The van der Waals surface area contributed by atoms with Gasteiger partial charge in [-0.05, 0) is 36.4 Å². The fraction of sp³-hybridized carbons (Fsp3) is 0. The number of benzene rings is 3. The average Bonchev–Trinajstić information content (AvgIpc) is 2.69. The van der Waals surface area contributed by atoms with Gasteiger partial charge in [0.25, 0.3) is 0 Å². The summed E-state index contributed by atoms with van der Waals surface area (Å²) in [7, 11) is 0. The zero-order valence-corrected chi connectivity index (χ0v) is 13.5. The first-order valence-electron chi connectivity index (χ1n) is 8.06. The maximum Gasteiger partial charge on any atom is 0.0991 e. The third kappa shape index (κ3) is 3.06. The molecule has 3 nitrogen and oxygen atoms in total. The van der Waals surface area contributed by atoms with E-state index in [0.29, 0.717) is 5.56 Å². The molecule has 0 unspecified atom stereocenters. The molecule has 1 aromatic heterocycles. The van der Waals surface area contributed by atoms with Crippen molar-refractivity contribution in [3.63, 3.8) is 0 Å². The first-order chi connectivity index (χ1) is 12.3. The lowest BCUT2D eigenvalue weighted by molar-refractivity contribution is 1.39. The van der Waals surface area contributed by atoms with Crippen LogP contribution in [0.15, 0.2) is 84.9 Å². The molecule has 1 N–H and O–H groups in total. The van der Waals surface area contributed by atoms with Crippen LogP contribution in [0.2, 0.25) is 0 Å². The second-order valence-corrected chi connectivity index (χ2v) is 5.75. The molecule has 3 heteroatoms. The highest BCUT2D eigenvalue weighted by Crippen LogP contribution is 2.30. The number of nitrogens with zero attached hydrogens (tertiary/aromatic N) is 2. The van der Waals surface area contributed by atoms with Gasteiger partial charge in [0.1, 0.15) is 0 Å². The summed E-state index contributed by atoms with van der Waals surface area (Å²) >= 11 is 0. The zero-order chi connectivity index (χ0) is 17.1. The van der Waals surface area contributed by atoms with Gasteiger partial charge in [-0.2, -0.15) is 5.26 Å². The maximum atomic E-state index is 8.94. The van der Waals surface area contributed by atoms with Crippen molar-refractivity contribution in [2.75, 3.05) is 5.32 Å². The van der Waals surface area contributed by atoms with Gasteiger partial charge < -0.3 is 5.32 Å². The van der Waals surface area contributed by atoms with E-state index in [1.54, 1.807) is 0 Å². The minimum atomic E-state index is 0.648. The molecule has 3 aromatic carbocycles. The summed E-state index contributed by atoms with van der Waals surface area (Å²) in [6.07, 6.45) is 0. The van der Waals surface area contributed by atoms with Gasteiger partial charge in [0.15, 0.2) is 0 Å². The molecule has 0 spiro atoms. The van der Waals surface area contributed by atoms with E-state index < -0.39 is 0 Å². The Balaban J connectivity index is 1.82. The highest BCUT2D eigenvalue weighted by atomic mass is 14.9. The number of nitriles is 1. The molecule has 1 heterocycles. The number of para-hydroxylation sites is 1. The number of fused-ring (bicyclic) bond motifs is 1. The number of aromatic nitrogens is 1. The predicted molar refractivity (Wildman–Crippen MR) is 102 cm³/mol. The van der Waals surface area contributed by atoms with Crippen LogP contribution in [0, 0.1) is 11.3 Å². The fourth-order valence-electron chi connectivity index (χ4n) is 2.82. The van der Waals surface area contributed by atoms with Crippen molar-refractivity contribution in [1.82, 2.24) is 4.98 Å². The van der Waals surface area contributed by atoms with E-state index in [1.807, 2.05) is 60.7 Å². The minimum Gasteiger partial charge on any atom is -0.355 e. The largest absolute Gasteiger partial charge is 0.355 e. The van der Waals surface area contributed by atoms with E-state index in [2.05, 4.69) is 35.7 Å². The molecule has 4 rings (SSSR count). The van der Waals surface area contributed by atoms with Crippen molar-refractivity contribution in [3.8, 4) is 17.3 Å². The topological polar surface area (TPSA) is 48.7 Å². The lowest BCUT2D eigenvalue weighted by atomic mass is 10.1. The molecule has 0 aliphatic heterocycles. The van der Waals surface area contributed by atoms with Gasteiger partial charge in [0.2, 0.25) is 0 Å². The lowest BCUT2D eigenvalue weighted by Crippen LogP contribution is -1.95. The quantitative estimate of drug-likeness (QED) is 0.540. The molecule has 0 aliphatic rings. The molecule has 0 radical (unpaired) electrons. The first kappa shape index (κ1) is 14.9. The number of rotatable bonds is 3. The molecule has 0 saturated heterocycles. The van der Waals surface area contributed by atoms with Gasteiger partial charge in [0.05, 0.1) is 28.5 Å². The molecule has 4 aromatic rings. The van der Waals surface area contributed by atoms with Crippen LogP contribution in [-0.4, -0.2) is 4.98 Å². The Morgan fingerprint density at radius 1 is 0.800 bits per heavy atom. The number of anilines is 2. The molecule has 0 atom stereocenters. The van der Waals surface area contributed by atoms with Crippen molar-refractivity contribution in [2.45, 2.75) is 0 Å². The Morgan fingerprint density at radius 3 is 2.28 bits per heavy atom. The molecule has 118 valence electrons. The summed E-state index contributed by atoms with van der Waals surface area (Å²) in [6, 6.07) is 29.9. The van der Waals surface area contributed by atoms with Crippen LogP contribution < -0.4 is 5.32 Å². The minimum absolute atomic E-state index is 0.648. The first-order valence-corrected chi connectivity index (χ1v) is 8.06. The maximum absolute atomic E-state index is 8.94. The Bertz CT molecular complexity index is 1060. The van der Waals surface area contributed by atoms with Crippen molar-refractivity contribution in [2.24, 2.45) is 0 Å². The van der Waals surface area contributed by atoms with Gasteiger partial charge >= 0.3 is 0 Å².